The smallest absolute Gasteiger partial charge is 0.230 e. The number of thiophene rings is 1. The quantitative estimate of drug-likeness (QED) is 0.735. The van der Waals surface area contributed by atoms with Gasteiger partial charge in [0, 0.05) is 29.6 Å². The van der Waals surface area contributed by atoms with Gasteiger partial charge in [-0.05, 0) is 23.9 Å². The SMILES string of the molecule is CC(c1ccccc1)N1Cc2[nH]nc(NC(=O)Cc3cccs3)c2C1. The predicted octanol–water partition coefficient (Wildman–Crippen LogP) is 3.73. The summed E-state index contributed by atoms with van der Waals surface area (Å²) in [5.74, 6) is 0.644. The first kappa shape index (κ1) is 16.1. The molecular formula is C19H20N4OS. The Hall–Kier alpha value is -2.44. The Morgan fingerprint density at radius 3 is 2.88 bits per heavy atom. The summed E-state index contributed by atoms with van der Waals surface area (Å²) in [6.45, 7) is 3.82. The van der Waals surface area contributed by atoms with E-state index in [-0.39, 0.29) is 5.91 Å². The zero-order chi connectivity index (χ0) is 17.2. The standard InChI is InChI=1S/C19H20N4OS/c1-13(14-6-3-2-4-7-14)23-11-16-17(12-23)21-22-19(16)20-18(24)10-15-8-5-9-25-15/h2-9,13H,10-12H2,1H3,(H2,20,21,22,24). The maximum absolute atomic E-state index is 12.2. The van der Waals surface area contributed by atoms with Crippen molar-refractivity contribution in [3.05, 3.63) is 69.5 Å². The van der Waals surface area contributed by atoms with Gasteiger partial charge in [0.25, 0.3) is 0 Å². The second kappa shape index (κ2) is 6.82. The van der Waals surface area contributed by atoms with Crippen LogP contribution in [0.15, 0.2) is 47.8 Å². The fraction of sp³-hybridized carbons (Fsp3) is 0.263. The van der Waals surface area contributed by atoms with E-state index in [0.717, 1.165) is 29.2 Å². The number of nitrogens with zero attached hydrogens (tertiary/aromatic N) is 2. The van der Waals surface area contributed by atoms with Crippen molar-refractivity contribution in [2.75, 3.05) is 5.32 Å². The third-order valence-corrected chi connectivity index (χ3v) is 5.55. The molecule has 1 unspecified atom stereocenters. The summed E-state index contributed by atoms with van der Waals surface area (Å²) in [6.07, 6.45) is 0.392. The first-order chi connectivity index (χ1) is 12.2. The number of rotatable bonds is 5. The summed E-state index contributed by atoms with van der Waals surface area (Å²) >= 11 is 1.59. The Balaban J connectivity index is 1.43. The summed E-state index contributed by atoms with van der Waals surface area (Å²) < 4.78 is 0. The van der Waals surface area contributed by atoms with Gasteiger partial charge in [0.2, 0.25) is 5.91 Å². The summed E-state index contributed by atoms with van der Waals surface area (Å²) in [5, 5.41) is 12.3. The van der Waals surface area contributed by atoms with Crippen LogP contribution in [0.25, 0.3) is 0 Å². The molecule has 3 aromatic rings. The molecule has 0 aliphatic carbocycles. The van der Waals surface area contributed by atoms with E-state index in [1.54, 1.807) is 11.3 Å². The molecule has 1 amide bonds. The van der Waals surface area contributed by atoms with Gasteiger partial charge >= 0.3 is 0 Å². The molecule has 25 heavy (non-hydrogen) atoms. The topological polar surface area (TPSA) is 61.0 Å². The molecule has 0 spiro atoms. The molecule has 0 bridgehead atoms. The number of hydrogen-bond donors (Lipinski definition) is 2. The molecule has 128 valence electrons. The summed E-state index contributed by atoms with van der Waals surface area (Å²) in [7, 11) is 0. The largest absolute Gasteiger partial charge is 0.309 e. The summed E-state index contributed by atoms with van der Waals surface area (Å²) in [4.78, 5) is 15.7. The number of carbonyl (C=O) groups is 1. The molecule has 2 aromatic heterocycles. The maximum atomic E-state index is 12.2. The molecule has 0 saturated carbocycles. The number of fused-ring (bicyclic) bond motifs is 1. The monoisotopic (exact) mass is 352 g/mol. The molecule has 1 aliphatic heterocycles. The average molecular weight is 352 g/mol. The fourth-order valence-electron chi connectivity index (χ4n) is 3.23. The van der Waals surface area contributed by atoms with Crippen LogP contribution >= 0.6 is 11.3 Å². The molecule has 4 rings (SSSR count). The van der Waals surface area contributed by atoms with Crippen LogP contribution in [0, 0.1) is 0 Å². The highest BCUT2D eigenvalue weighted by Gasteiger charge is 2.29. The lowest BCUT2D eigenvalue weighted by Crippen LogP contribution is -2.22. The molecule has 6 heteroatoms. The number of hydrogen-bond acceptors (Lipinski definition) is 4. The van der Waals surface area contributed by atoms with Crippen molar-refractivity contribution in [2.45, 2.75) is 32.5 Å². The highest BCUT2D eigenvalue weighted by molar-refractivity contribution is 7.10. The molecule has 0 radical (unpaired) electrons. The van der Waals surface area contributed by atoms with Crippen molar-refractivity contribution >= 4 is 23.1 Å². The zero-order valence-corrected chi connectivity index (χ0v) is 14.8. The number of aromatic nitrogens is 2. The van der Waals surface area contributed by atoms with Gasteiger partial charge in [-0.3, -0.25) is 14.8 Å². The van der Waals surface area contributed by atoms with Gasteiger partial charge in [0.1, 0.15) is 0 Å². The highest BCUT2D eigenvalue weighted by atomic mass is 32.1. The van der Waals surface area contributed by atoms with Gasteiger partial charge in [0.15, 0.2) is 5.82 Å². The van der Waals surface area contributed by atoms with E-state index in [4.69, 9.17) is 0 Å². The van der Waals surface area contributed by atoms with Gasteiger partial charge in [-0.25, -0.2) is 0 Å². The number of anilines is 1. The normalized spacial score (nSPS) is 15.1. The first-order valence-electron chi connectivity index (χ1n) is 8.38. The third kappa shape index (κ3) is 3.36. The molecule has 2 N–H and O–H groups in total. The van der Waals surface area contributed by atoms with Crippen LogP contribution < -0.4 is 5.32 Å². The van der Waals surface area contributed by atoms with E-state index >= 15 is 0 Å². The minimum Gasteiger partial charge on any atom is -0.309 e. The second-order valence-electron chi connectivity index (χ2n) is 6.33. The van der Waals surface area contributed by atoms with Gasteiger partial charge in [0.05, 0.1) is 12.1 Å². The molecular weight excluding hydrogens is 332 g/mol. The van der Waals surface area contributed by atoms with Crippen molar-refractivity contribution in [2.24, 2.45) is 0 Å². The molecule has 0 fully saturated rings. The van der Waals surface area contributed by atoms with Crippen LogP contribution in [0.3, 0.4) is 0 Å². The average Bonchev–Trinajstić information content (AvgIpc) is 3.34. The second-order valence-corrected chi connectivity index (χ2v) is 7.36. The van der Waals surface area contributed by atoms with Gasteiger partial charge < -0.3 is 5.32 Å². The maximum Gasteiger partial charge on any atom is 0.230 e. The van der Waals surface area contributed by atoms with Crippen molar-refractivity contribution in [3.8, 4) is 0 Å². The van der Waals surface area contributed by atoms with Crippen molar-refractivity contribution in [3.63, 3.8) is 0 Å². The van der Waals surface area contributed by atoms with Crippen molar-refractivity contribution in [1.82, 2.24) is 15.1 Å². The number of amides is 1. The van der Waals surface area contributed by atoms with Crippen LogP contribution in [-0.2, 0) is 24.3 Å². The van der Waals surface area contributed by atoms with Crippen LogP contribution in [0.5, 0.6) is 0 Å². The van der Waals surface area contributed by atoms with Gasteiger partial charge in [-0.2, -0.15) is 5.10 Å². The number of H-pyrrole nitrogens is 1. The third-order valence-electron chi connectivity index (χ3n) is 4.68. The minimum atomic E-state index is -0.0219. The minimum absolute atomic E-state index is 0.0219. The van der Waals surface area contributed by atoms with E-state index in [9.17, 15) is 4.79 Å². The van der Waals surface area contributed by atoms with Gasteiger partial charge in [-0.1, -0.05) is 36.4 Å². The molecule has 5 nitrogen and oxygen atoms in total. The molecule has 3 heterocycles. The van der Waals surface area contributed by atoms with E-state index in [1.807, 2.05) is 23.6 Å². The number of benzene rings is 1. The van der Waals surface area contributed by atoms with E-state index in [1.165, 1.54) is 5.56 Å². The lowest BCUT2D eigenvalue weighted by atomic mass is 10.1. The molecule has 0 saturated heterocycles. The Morgan fingerprint density at radius 2 is 2.12 bits per heavy atom. The first-order valence-corrected chi connectivity index (χ1v) is 9.26. The Labute approximate surface area is 150 Å². The lowest BCUT2D eigenvalue weighted by Gasteiger charge is -2.24. The predicted molar refractivity (Wildman–Crippen MR) is 99.3 cm³/mol. The number of carbonyl (C=O) groups excluding carboxylic acids is 1. The molecule has 1 aromatic carbocycles. The van der Waals surface area contributed by atoms with Crippen LogP contribution in [0.1, 0.15) is 34.7 Å². The van der Waals surface area contributed by atoms with E-state index < -0.39 is 0 Å². The molecule has 1 atom stereocenters. The highest BCUT2D eigenvalue weighted by Crippen LogP contribution is 2.33. The molecule has 1 aliphatic rings. The summed E-state index contributed by atoms with van der Waals surface area (Å²) in [6, 6.07) is 14.7. The number of nitrogens with one attached hydrogen (secondary N) is 2. The van der Waals surface area contributed by atoms with E-state index in [2.05, 4.69) is 51.6 Å². The Kier molecular flexibility index (Phi) is 4.38. The van der Waals surface area contributed by atoms with Crippen molar-refractivity contribution < 1.29 is 4.79 Å². The van der Waals surface area contributed by atoms with Crippen LogP contribution in [0.4, 0.5) is 5.82 Å². The fourth-order valence-corrected chi connectivity index (χ4v) is 3.94. The Morgan fingerprint density at radius 1 is 1.28 bits per heavy atom. The van der Waals surface area contributed by atoms with Crippen LogP contribution in [0.2, 0.25) is 0 Å². The van der Waals surface area contributed by atoms with Crippen molar-refractivity contribution in [1.29, 1.82) is 0 Å². The van der Waals surface area contributed by atoms with E-state index in [0.29, 0.717) is 18.3 Å². The zero-order valence-electron chi connectivity index (χ0n) is 14.0. The number of aromatic amines is 1. The van der Waals surface area contributed by atoms with Gasteiger partial charge in [-0.15, -0.1) is 11.3 Å². The lowest BCUT2D eigenvalue weighted by molar-refractivity contribution is -0.115. The van der Waals surface area contributed by atoms with Crippen LogP contribution in [-0.4, -0.2) is 21.0 Å². The Bertz CT molecular complexity index is 857. The summed E-state index contributed by atoms with van der Waals surface area (Å²) in [5.41, 5.74) is 3.49.